The van der Waals surface area contributed by atoms with Crippen LogP contribution in [0.5, 0.6) is 0 Å². The fourth-order valence-corrected chi connectivity index (χ4v) is 2.26. The van der Waals surface area contributed by atoms with Gasteiger partial charge in [-0.2, -0.15) is 0 Å². The molecule has 0 aliphatic heterocycles. The average Bonchev–Trinajstić information content (AvgIpc) is 2.95. The molecule has 0 fully saturated rings. The summed E-state index contributed by atoms with van der Waals surface area (Å²) in [6.45, 7) is 2.34. The van der Waals surface area contributed by atoms with E-state index in [-0.39, 0.29) is 5.91 Å². The summed E-state index contributed by atoms with van der Waals surface area (Å²) in [5.41, 5.74) is 0. The molecule has 1 amide bonds. The second-order valence-corrected chi connectivity index (χ2v) is 5.08. The number of carbonyl (C=O) groups excluding carboxylic acids is 1. The lowest BCUT2D eigenvalue weighted by atomic mass is 10.4. The van der Waals surface area contributed by atoms with Gasteiger partial charge in [-0.3, -0.25) is 4.79 Å². The zero-order chi connectivity index (χ0) is 13.8. The third-order valence-corrected chi connectivity index (χ3v) is 3.52. The van der Waals surface area contributed by atoms with Crippen molar-refractivity contribution in [3.05, 3.63) is 23.7 Å². The lowest BCUT2D eigenvalue weighted by Gasteiger charge is -2.15. The average molecular weight is 281 g/mol. The van der Waals surface area contributed by atoms with Crippen LogP contribution in [-0.4, -0.2) is 43.8 Å². The van der Waals surface area contributed by atoms with Crippen LogP contribution >= 0.6 is 11.8 Å². The van der Waals surface area contributed by atoms with Crippen LogP contribution in [0, 0.1) is 6.92 Å². The van der Waals surface area contributed by atoms with Gasteiger partial charge in [0, 0.05) is 14.1 Å². The Balaban J connectivity index is 1.84. The summed E-state index contributed by atoms with van der Waals surface area (Å²) < 4.78 is 6.97. The molecule has 0 radical (unpaired) electrons. The molecule has 0 spiro atoms. The van der Waals surface area contributed by atoms with Gasteiger partial charge in [0.15, 0.2) is 0 Å². The van der Waals surface area contributed by atoms with Crippen LogP contribution in [0.3, 0.4) is 0 Å². The van der Waals surface area contributed by atoms with Gasteiger partial charge >= 0.3 is 0 Å². The molecule has 2 aromatic heterocycles. The Morgan fingerprint density at radius 2 is 2.32 bits per heavy atom. The monoisotopic (exact) mass is 281 g/mol. The standard InChI is InChI=1S/C11H15N5O2S/c1-8-4-5-9(18-8)6-15(2)10(17)7-19-11-12-13-14-16(11)3/h4-5H,6-7H2,1-3H3. The molecule has 19 heavy (non-hydrogen) atoms. The zero-order valence-corrected chi connectivity index (χ0v) is 11.8. The number of rotatable bonds is 5. The van der Waals surface area contributed by atoms with E-state index in [1.54, 1.807) is 19.0 Å². The van der Waals surface area contributed by atoms with Crippen LogP contribution in [0.4, 0.5) is 0 Å². The molecule has 0 aliphatic carbocycles. The van der Waals surface area contributed by atoms with Crippen LogP contribution in [0.25, 0.3) is 0 Å². The van der Waals surface area contributed by atoms with E-state index < -0.39 is 0 Å². The molecule has 0 unspecified atom stereocenters. The van der Waals surface area contributed by atoms with E-state index in [9.17, 15) is 4.79 Å². The molecule has 2 aromatic rings. The van der Waals surface area contributed by atoms with Crippen LogP contribution in [0.15, 0.2) is 21.7 Å². The number of thioether (sulfide) groups is 1. The highest BCUT2D eigenvalue weighted by Crippen LogP contribution is 2.14. The number of amides is 1. The number of hydrogen-bond acceptors (Lipinski definition) is 6. The van der Waals surface area contributed by atoms with Gasteiger partial charge in [-0.25, -0.2) is 4.68 Å². The smallest absolute Gasteiger partial charge is 0.233 e. The minimum Gasteiger partial charge on any atom is -0.464 e. The van der Waals surface area contributed by atoms with Crippen molar-refractivity contribution in [3.63, 3.8) is 0 Å². The zero-order valence-electron chi connectivity index (χ0n) is 11.0. The van der Waals surface area contributed by atoms with E-state index in [4.69, 9.17) is 4.42 Å². The van der Waals surface area contributed by atoms with Crippen molar-refractivity contribution in [2.75, 3.05) is 12.8 Å². The maximum Gasteiger partial charge on any atom is 0.233 e. The predicted molar refractivity (Wildman–Crippen MR) is 69.4 cm³/mol. The first-order valence-corrected chi connectivity index (χ1v) is 6.69. The minimum atomic E-state index is 0.00190. The Labute approximate surface area is 115 Å². The Hall–Kier alpha value is -1.83. The van der Waals surface area contributed by atoms with E-state index >= 15 is 0 Å². The molecule has 2 rings (SSSR count). The van der Waals surface area contributed by atoms with Gasteiger partial charge < -0.3 is 9.32 Å². The molecule has 0 saturated heterocycles. The fraction of sp³-hybridized carbons (Fsp3) is 0.455. The summed E-state index contributed by atoms with van der Waals surface area (Å²) >= 11 is 1.31. The topological polar surface area (TPSA) is 77.1 Å². The third-order valence-electron chi connectivity index (χ3n) is 2.52. The Kier molecular flexibility index (Phi) is 4.20. The second-order valence-electron chi connectivity index (χ2n) is 4.14. The molecule has 0 atom stereocenters. The Bertz CT molecular complexity index is 565. The number of furan rings is 1. The lowest BCUT2D eigenvalue weighted by molar-refractivity contribution is -0.127. The first-order chi connectivity index (χ1) is 9.06. The minimum absolute atomic E-state index is 0.00190. The first-order valence-electron chi connectivity index (χ1n) is 5.70. The van der Waals surface area contributed by atoms with Crippen LogP contribution < -0.4 is 0 Å². The van der Waals surface area contributed by atoms with Crippen molar-refractivity contribution in [3.8, 4) is 0 Å². The highest BCUT2D eigenvalue weighted by atomic mass is 32.2. The molecular weight excluding hydrogens is 266 g/mol. The number of tetrazole rings is 1. The van der Waals surface area contributed by atoms with Crippen LogP contribution in [0.1, 0.15) is 11.5 Å². The largest absolute Gasteiger partial charge is 0.464 e. The molecule has 0 bridgehead atoms. The van der Waals surface area contributed by atoms with E-state index in [1.165, 1.54) is 16.4 Å². The summed E-state index contributed by atoms with van der Waals surface area (Å²) in [5.74, 6) is 1.92. The molecule has 0 aliphatic rings. The molecule has 8 heteroatoms. The van der Waals surface area contributed by atoms with Gasteiger partial charge in [0.05, 0.1) is 12.3 Å². The summed E-state index contributed by atoms with van der Waals surface area (Å²) in [4.78, 5) is 13.6. The lowest BCUT2D eigenvalue weighted by Crippen LogP contribution is -2.27. The number of nitrogens with zero attached hydrogens (tertiary/aromatic N) is 5. The first kappa shape index (κ1) is 13.6. The van der Waals surface area contributed by atoms with Crippen LogP contribution in [0.2, 0.25) is 0 Å². The molecule has 102 valence electrons. The van der Waals surface area contributed by atoms with Gasteiger partial charge in [-0.05, 0) is 29.5 Å². The third kappa shape index (κ3) is 3.57. The van der Waals surface area contributed by atoms with E-state index in [2.05, 4.69) is 15.5 Å². The highest BCUT2D eigenvalue weighted by Gasteiger charge is 2.13. The van der Waals surface area contributed by atoms with Crippen molar-refractivity contribution in [2.24, 2.45) is 7.05 Å². The normalized spacial score (nSPS) is 10.7. The highest BCUT2D eigenvalue weighted by molar-refractivity contribution is 7.99. The molecule has 2 heterocycles. The number of hydrogen-bond donors (Lipinski definition) is 0. The van der Waals surface area contributed by atoms with Crippen molar-refractivity contribution >= 4 is 17.7 Å². The van der Waals surface area contributed by atoms with E-state index in [0.717, 1.165) is 11.5 Å². The maximum absolute atomic E-state index is 11.9. The number of aryl methyl sites for hydroxylation is 2. The fourth-order valence-electron chi connectivity index (χ4n) is 1.47. The summed E-state index contributed by atoms with van der Waals surface area (Å²) in [6, 6.07) is 3.76. The quantitative estimate of drug-likeness (QED) is 0.757. The van der Waals surface area contributed by atoms with Crippen molar-refractivity contribution in [1.29, 1.82) is 0 Å². The van der Waals surface area contributed by atoms with Crippen LogP contribution in [-0.2, 0) is 18.4 Å². The SMILES string of the molecule is Cc1ccc(CN(C)C(=O)CSc2nnnn2C)o1. The van der Waals surface area contributed by atoms with Gasteiger partial charge in [0.2, 0.25) is 11.1 Å². The maximum atomic E-state index is 11.9. The molecule has 0 N–H and O–H groups in total. The Morgan fingerprint density at radius 3 is 2.89 bits per heavy atom. The van der Waals surface area contributed by atoms with Gasteiger partial charge in [-0.15, -0.1) is 5.10 Å². The molecule has 7 nitrogen and oxygen atoms in total. The number of aromatic nitrogens is 4. The second kappa shape index (κ2) is 5.87. The van der Waals surface area contributed by atoms with E-state index in [0.29, 0.717) is 17.5 Å². The van der Waals surface area contributed by atoms with Crippen molar-refractivity contribution in [1.82, 2.24) is 25.1 Å². The van der Waals surface area contributed by atoms with Crippen molar-refractivity contribution < 1.29 is 9.21 Å². The summed E-state index contributed by atoms with van der Waals surface area (Å²) in [6.07, 6.45) is 0. The number of carbonyl (C=O) groups is 1. The van der Waals surface area contributed by atoms with Crippen molar-refractivity contribution in [2.45, 2.75) is 18.6 Å². The van der Waals surface area contributed by atoms with Gasteiger partial charge in [0.25, 0.3) is 0 Å². The van der Waals surface area contributed by atoms with E-state index in [1.807, 2.05) is 19.1 Å². The Morgan fingerprint density at radius 1 is 1.53 bits per heavy atom. The molecule has 0 saturated carbocycles. The summed E-state index contributed by atoms with van der Waals surface area (Å²) in [5, 5.41) is 11.7. The summed E-state index contributed by atoms with van der Waals surface area (Å²) in [7, 11) is 3.48. The molecular formula is C11H15N5O2S. The predicted octanol–water partition coefficient (Wildman–Crippen LogP) is 0.862. The van der Waals surface area contributed by atoms with Gasteiger partial charge in [-0.1, -0.05) is 11.8 Å². The molecule has 0 aromatic carbocycles. The van der Waals surface area contributed by atoms with Gasteiger partial charge in [0.1, 0.15) is 11.5 Å².